The number of amides is 2. The van der Waals surface area contributed by atoms with E-state index < -0.39 is 17.8 Å². The molecule has 0 bridgehead atoms. The zero-order valence-electron chi connectivity index (χ0n) is 17.2. The highest BCUT2D eigenvalue weighted by Gasteiger charge is 2.18. The van der Waals surface area contributed by atoms with E-state index in [9.17, 15) is 14.4 Å². The van der Waals surface area contributed by atoms with E-state index in [-0.39, 0.29) is 11.5 Å². The number of anilines is 1. The van der Waals surface area contributed by atoms with Gasteiger partial charge in [-0.25, -0.2) is 4.79 Å². The van der Waals surface area contributed by atoms with Crippen molar-refractivity contribution in [3.63, 3.8) is 0 Å². The van der Waals surface area contributed by atoms with Crippen LogP contribution in [-0.4, -0.2) is 32.0 Å². The lowest BCUT2D eigenvalue weighted by atomic mass is 10.1. The second-order valence-corrected chi connectivity index (χ2v) is 7.19. The lowest BCUT2D eigenvalue weighted by Gasteiger charge is -2.11. The highest BCUT2D eigenvalue weighted by molar-refractivity contribution is 9.10. The zero-order valence-corrected chi connectivity index (χ0v) is 18.8. The van der Waals surface area contributed by atoms with Crippen molar-refractivity contribution in [3.8, 4) is 5.75 Å². The minimum atomic E-state index is -0.591. The number of carbonyl (C=O) groups is 3. The average molecular weight is 499 g/mol. The van der Waals surface area contributed by atoms with Crippen LogP contribution in [0.2, 0.25) is 0 Å². The molecule has 2 aromatic carbocycles. The van der Waals surface area contributed by atoms with Crippen LogP contribution in [0.15, 0.2) is 75.4 Å². The van der Waals surface area contributed by atoms with Gasteiger partial charge in [0, 0.05) is 5.69 Å². The summed E-state index contributed by atoms with van der Waals surface area (Å²) in [6.45, 7) is 0. The van der Waals surface area contributed by atoms with Crippen LogP contribution < -0.4 is 15.4 Å². The zero-order chi connectivity index (χ0) is 23.1. The van der Waals surface area contributed by atoms with Crippen molar-refractivity contribution in [2.24, 2.45) is 0 Å². The Kier molecular flexibility index (Phi) is 7.45. The lowest BCUT2D eigenvalue weighted by Crippen LogP contribution is -2.30. The van der Waals surface area contributed by atoms with E-state index in [1.165, 1.54) is 31.4 Å². The van der Waals surface area contributed by atoms with E-state index in [4.69, 9.17) is 9.15 Å². The molecule has 8 nitrogen and oxygen atoms in total. The Morgan fingerprint density at radius 3 is 2.19 bits per heavy atom. The van der Waals surface area contributed by atoms with E-state index in [1.54, 1.807) is 49.6 Å². The molecule has 0 unspecified atom stereocenters. The smallest absolute Gasteiger partial charge is 0.337 e. The number of esters is 1. The number of hydrogen-bond donors (Lipinski definition) is 2. The van der Waals surface area contributed by atoms with Crippen molar-refractivity contribution < 1.29 is 28.3 Å². The van der Waals surface area contributed by atoms with Gasteiger partial charge in [0.2, 0.25) is 0 Å². The highest BCUT2D eigenvalue weighted by atomic mass is 79.9. The van der Waals surface area contributed by atoms with Gasteiger partial charge in [0.1, 0.15) is 11.4 Å². The van der Waals surface area contributed by atoms with Gasteiger partial charge in [-0.2, -0.15) is 0 Å². The topological polar surface area (TPSA) is 107 Å². The van der Waals surface area contributed by atoms with Crippen molar-refractivity contribution in [3.05, 3.63) is 87.9 Å². The molecule has 0 spiro atoms. The summed E-state index contributed by atoms with van der Waals surface area (Å²) in [6.07, 6.45) is 1.52. The maximum atomic E-state index is 12.9. The molecule has 3 rings (SSSR count). The normalized spacial score (nSPS) is 10.9. The van der Waals surface area contributed by atoms with Crippen molar-refractivity contribution in [1.29, 1.82) is 0 Å². The van der Waals surface area contributed by atoms with Gasteiger partial charge in [0.05, 0.1) is 19.8 Å². The van der Waals surface area contributed by atoms with E-state index in [2.05, 4.69) is 31.3 Å². The number of benzene rings is 2. The first kappa shape index (κ1) is 22.8. The predicted octanol–water partition coefficient (Wildman–Crippen LogP) is 4.25. The molecule has 32 heavy (non-hydrogen) atoms. The van der Waals surface area contributed by atoms with Crippen LogP contribution in [0, 0.1) is 0 Å². The Bertz CT molecular complexity index is 1150. The Labute approximate surface area is 192 Å². The second kappa shape index (κ2) is 10.5. The molecule has 0 aliphatic heterocycles. The molecule has 9 heteroatoms. The van der Waals surface area contributed by atoms with E-state index >= 15 is 0 Å². The Morgan fingerprint density at radius 1 is 0.938 bits per heavy atom. The Hall–Kier alpha value is -3.85. The second-order valence-electron chi connectivity index (χ2n) is 6.41. The molecule has 1 heterocycles. The van der Waals surface area contributed by atoms with Crippen LogP contribution in [0.3, 0.4) is 0 Å². The number of hydrogen-bond acceptors (Lipinski definition) is 6. The Morgan fingerprint density at radius 2 is 1.62 bits per heavy atom. The van der Waals surface area contributed by atoms with Gasteiger partial charge < -0.3 is 24.5 Å². The summed E-state index contributed by atoms with van der Waals surface area (Å²) in [4.78, 5) is 37.1. The van der Waals surface area contributed by atoms with Crippen molar-refractivity contribution >= 4 is 45.5 Å². The molecule has 3 aromatic rings. The first-order valence-corrected chi connectivity index (χ1v) is 10.1. The number of halogens is 1. The predicted molar refractivity (Wildman–Crippen MR) is 121 cm³/mol. The summed E-state index contributed by atoms with van der Waals surface area (Å²) in [7, 11) is 2.84. The minimum absolute atomic E-state index is 0.00951. The van der Waals surface area contributed by atoms with Crippen LogP contribution in [0.25, 0.3) is 6.08 Å². The van der Waals surface area contributed by atoms with Crippen molar-refractivity contribution in [1.82, 2.24) is 5.32 Å². The van der Waals surface area contributed by atoms with Gasteiger partial charge in [-0.05, 0) is 76.1 Å². The fraction of sp³-hybridized carbons (Fsp3) is 0.0870. The molecule has 2 amide bonds. The quantitative estimate of drug-likeness (QED) is 0.372. The Balaban J connectivity index is 1.84. The minimum Gasteiger partial charge on any atom is -0.497 e. The standard InChI is InChI=1S/C23H19BrN2O6/c1-30-17-9-3-14(4-10-17)13-18(26-22(28)19-11-12-20(24)32-19)21(27)25-16-7-5-15(6-8-16)23(29)31-2/h3-13H,1-2H3,(H,25,27)(H,26,28)/b18-13+. The molecule has 1 aromatic heterocycles. The molecular formula is C23H19BrN2O6. The number of nitrogens with one attached hydrogen (secondary N) is 2. The van der Waals surface area contributed by atoms with Gasteiger partial charge in [-0.1, -0.05) is 12.1 Å². The van der Waals surface area contributed by atoms with Crippen molar-refractivity contribution in [2.75, 3.05) is 19.5 Å². The molecule has 164 valence electrons. The molecule has 0 fully saturated rings. The van der Waals surface area contributed by atoms with Crippen LogP contribution in [0.1, 0.15) is 26.5 Å². The monoisotopic (exact) mass is 498 g/mol. The molecule has 2 N–H and O–H groups in total. The summed E-state index contributed by atoms with van der Waals surface area (Å²) >= 11 is 3.14. The molecule has 0 saturated heterocycles. The molecular weight excluding hydrogens is 480 g/mol. The number of furan rings is 1. The molecule has 0 aliphatic carbocycles. The molecule has 0 radical (unpaired) electrons. The SMILES string of the molecule is COC(=O)c1ccc(NC(=O)/C(=C\c2ccc(OC)cc2)NC(=O)c2ccc(Br)o2)cc1. The van der Waals surface area contributed by atoms with Gasteiger partial charge >= 0.3 is 5.97 Å². The van der Waals surface area contributed by atoms with Gasteiger partial charge in [-0.3, -0.25) is 9.59 Å². The third kappa shape index (κ3) is 5.86. The van der Waals surface area contributed by atoms with Crippen LogP contribution in [0.5, 0.6) is 5.75 Å². The number of methoxy groups -OCH3 is 2. The summed E-state index contributed by atoms with van der Waals surface area (Å²) in [5.41, 5.74) is 1.43. The number of carbonyl (C=O) groups excluding carboxylic acids is 3. The van der Waals surface area contributed by atoms with E-state index in [0.717, 1.165) is 0 Å². The largest absolute Gasteiger partial charge is 0.497 e. The first-order chi connectivity index (χ1) is 15.4. The van der Waals surface area contributed by atoms with E-state index in [1.807, 2.05) is 0 Å². The average Bonchev–Trinajstić information content (AvgIpc) is 3.25. The van der Waals surface area contributed by atoms with Crippen molar-refractivity contribution in [2.45, 2.75) is 0 Å². The number of rotatable bonds is 7. The van der Waals surface area contributed by atoms with Crippen LogP contribution in [0.4, 0.5) is 5.69 Å². The third-order valence-electron chi connectivity index (χ3n) is 4.28. The third-order valence-corrected chi connectivity index (χ3v) is 4.71. The maximum Gasteiger partial charge on any atom is 0.337 e. The van der Waals surface area contributed by atoms with Gasteiger partial charge in [-0.15, -0.1) is 0 Å². The highest BCUT2D eigenvalue weighted by Crippen LogP contribution is 2.17. The van der Waals surface area contributed by atoms with Gasteiger partial charge in [0.15, 0.2) is 10.4 Å². The lowest BCUT2D eigenvalue weighted by molar-refractivity contribution is -0.113. The number of ether oxygens (including phenoxy) is 2. The molecule has 0 atom stereocenters. The first-order valence-electron chi connectivity index (χ1n) is 9.32. The van der Waals surface area contributed by atoms with Gasteiger partial charge in [0.25, 0.3) is 11.8 Å². The molecule has 0 saturated carbocycles. The fourth-order valence-corrected chi connectivity index (χ4v) is 2.96. The van der Waals surface area contributed by atoms with E-state index in [0.29, 0.717) is 27.2 Å². The van der Waals surface area contributed by atoms with Crippen LogP contribution in [-0.2, 0) is 9.53 Å². The summed E-state index contributed by atoms with van der Waals surface area (Å²) in [6, 6.07) is 16.2. The molecule has 0 aliphatic rings. The fourth-order valence-electron chi connectivity index (χ4n) is 2.65. The summed E-state index contributed by atoms with van der Waals surface area (Å²) in [5, 5.41) is 5.27. The summed E-state index contributed by atoms with van der Waals surface area (Å²) in [5.74, 6) is -0.951. The van der Waals surface area contributed by atoms with Crippen LogP contribution >= 0.6 is 15.9 Å². The maximum absolute atomic E-state index is 12.9. The summed E-state index contributed by atoms with van der Waals surface area (Å²) < 4.78 is 15.4.